The fraction of sp³-hybridized carbons (Fsp3) is 0.462. The number of carboxylic acids is 1. The Kier molecular flexibility index (Phi) is 6.57. The highest BCUT2D eigenvalue weighted by Gasteiger charge is 2.11. The van der Waals surface area contributed by atoms with Crippen LogP contribution in [0.5, 0.6) is 0 Å². The molecule has 0 spiro atoms. The summed E-state index contributed by atoms with van der Waals surface area (Å²) in [5, 5.41) is 16.2. The Bertz CT molecular complexity index is 590. The molecule has 0 saturated heterocycles. The second-order valence-electron chi connectivity index (χ2n) is 4.67. The van der Waals surface area contributed by atoms with E-state index in [4.69, 9.17) is 10.2 Å². The van der Waals surface area contributed by atoms with Crippen molar-refractivity contribution in [3.8, 4) is 0 Å². The van der Waals surface area contributed by atoms with E-state index in [9.17, 15) is 17.6 Å². The Hall–Kier alpha value is -1.67. The third kappa shape index (κ3) is 6.54. The molecule has 6 nitrogen and oxygen atoms in total. The standard InChI is InChI=1S/C13H19FN2O4S/c14-11-9-10(21(15,19)20)6-7-12(11)16-8-4-2-1-3-5-13(17)18/h6-7,9,16H,1-5,8H2,(H,17,18)(H2,15,19,20). The van der Waals surface area contributed by atoms with Gasteiger partial charge in [0, 0.05) is 13.0 Å². The Morgan fingerprint density at radius 3 is 2.48 bits per heavy atom. The molecule has 0 amide bonds. The maximum absolute atomic E-state index is 13.7. The van der Waals surface area contributed by atoms with Crippen molar-refractivity contribution in [3.63, 3.8) is 0 Å². The zero-order chi connectivity index (χ0) is 15.9. The lowest BCUT2D eigenvalue weighted by Gasteiger charge is -2.08. The molecule has 0 saturated carbocycles. The third-order valence-corrected chi connectivity index (χ3v) is 3.81. The van der Waals surface area contributed by atoms with Crippen LogP contribution in [0.4, 0.5) is 10.1 Å². The van der Waals surface area contributed by atoms with Gasteiger partial charge >= 0.3 is 5.97 Å². The van der Waals surface area contributed by atoms with Crippen LogP contribution in [0.2, 0.25) is 0 Å². The van der Waals surface area contributed by atoms with Gasteiger partial charge < -0.3 is 10.4 Å². The molecule has 21 heavy (non-hydrogen) atoms. The van der Waals surface area contributed by atoms with Crippen LogP contribution < -0.4 is 10.5 Å². The van der Waals surface area contributed by atoms with Gasteiger partial charge in [-0.15, -0.1) is 0 Å². The molecule has 0 fully saturated rings. The number of hydrogen-bond acceptors (Lipinski definition) is 4. The van der Waals surface area contributed by atoms with Crippen LogP contribution in [0.1, 0.15) is 32.1 Å². The predicted molar refractivity (Wildman–Crippen MR) is 77.0 cm³/mol. The molecule has 0 aliphatic rings. The fourth-order valence-corrected chi connectivity index (χ4v) is 2.32. The topological polar surface area (TPSA) is 109 Å². The molecule has 118 valence electrons. The summed E-state index contributed by atoms with van der Waals surface area (Å²) in [5.41, 5.74) is 0.216. The van der Waals surface area contributed by atoms with E-state index in [2.05, 4.69) is 5.32 Å². The Morgan fingerprint density at radius 1 is 1.24 bits per heavy atom. The molecule has 0 aliphatic carbocycles. The lowest BCUT2D eigenvalue weighted by Crippen LogP contribution is -2.13. The van der Waals surface area contributed by atoms with E-state index < -0.39 is 21.8 Å². The van der Waals surface area contributed by atoms with Gasteiger partial charge in [-0.05, 0) is 31.0 Å². The zero-order valence-electron chi connectivity index (χ0n) is 11.5. The van der Waals surface area contributed by atoms with Crippen molar-refractivity contribution in [1.29, 1.82) is 0 Å². The Labute approximate surface area is 123 Å². The number of aliphatic carboxylic acids is 1. The predicted octanol–water partition coefficient (Wildman–Crippen LogP) is 1.92. The van der Waals surface area contributed by atoms with Gasteiger partial charge in [0.05, 0.1) is 10.6 Å². The number of carbonyl (C=O) groups is 1. The van der Waals surface area contributed by atoms with Crippen LogP contribution in [0.15, 0.2) is 23.1 Å². The molecule has 0 radical (unpaired) electrons. The maximum atomic E-state index is 13.7. The first kappa shape index (κ1) is 17.4. The van der Waals surface area contributed by atoms with E-state index in [0.717, 1.165) is 25.3 Å². The molecule has 0 bridgehead atoms. The number of benzene rings is 1. The number of carboxylic acid groups (broad SMARTS) is 1. The zero-order valence-corrected chi connectivity index (χ0v) is 12.3. The van der Waals surface area contributed by atoms with Crippen LogP contribution in [-0.2, 0) is 14.8 Å². The smallest absolute Gasteiger partial charge is 0.303 e. The highest BCUT2D eigenvalue weighted by molar-refractivity contribution is 7.89. The molecule has 1 rings (SSSR count). The second kappa shape index (κ2) is 7.94. The lowest BCUT2D eigenvalue weighted by molar-refractivity contribution is -0.137. The van der Waals surface area contributed by atoms with Crippen molar-refractivity contribution >= 4 is 21.7 Å². The van der Waals surface area contributed by atoms with Gasteiger partial charge in [-0.2, -0.15) is 0 Å². The largest absolute Gasteiger partial charge is 0.481 e. The summed E-state index contributed by atoms with van der Waals surface area (Å²) in [6.07, 6.45) is 3.22. The first-order valence-electron chi connectivity index (χ1n) is 6.59. The quantitative estimate of drug-likeness (QED) is 0.603. The number of hydrogen-bond donors (Lipinski definition) is 3. The summed E-state index contributed by atoms with van der Waals surface area (Å²) in [6.45, 7) is 0.527. The molecular weight excluding hydrogens is 299 g/mol. The van der Waals surface area contributed by atoms with E-state index in [1.54, 1.807) is 0 Å². The summed E-state index contributed by atoms with van der Waals surface area (Å²) >= 11 is 0. The summed E-state index contributed by atoms with van der Waals surface area (Å²) < 4.78 is 35.8. The van der Waals surface area contributed by atoms with Crippen molar-refractivity contribution in [2.24, 2.45) is 5.14 Å². The van der Waals surface area contributed by atoms with Gasteiger partial charge in [0.2, 0.25) is 10.0 Å². The maximum Gasteiger partial charge on any atom is 0.303 e. The van der Waals surface area contributed by atoms with Crippen LogP contribution >= 0.6 is 0 Å². The van der Waals surface area contributed by atoms with Crippen molar-refractivity contribution in [1.82, 2.24) is 0 Å². The number of sulfonamides is 1. The number of halogens is 1. The number of nitrogens with two attached hydrogens (primary N) is 1. The first-order valence-corrected chi connectivity index (χ1v) is 8.13. The van der Waals surface area contributed by atoms with Crippen LogP contribution in [0.25, 0.3) is 0 Å². The highest BCUT2D eigenvalue weighted by atomic mass is 32.2. The van der Waals surface area contributed by atoms with E-state index in [1.165, 1.54) is 12.1 Å². The normalized spacial score (nSPS) is 11.3. The number of rotatable bonds is 9. The minimum Gasteiger partial charge on any atom is -0.481 e. The third-order valence-electron chi connectivity index (χ3n) is 2.90. The minimum atomic E-state index is -3.90. The van der Waals surface area contributed by atoms with E-state index in [1.807, 2.05) is 0 Å². The number of nitrogens with one attached hydrogen (secondary N) is 1. The van der Waals surface area contributed by atoms with E-state index in [0.29, 0.717) is 13.0 Å². The SMILES string of the molecule is NS(=O)(=O)c1ccc(NCCCCCCC(=O)O)c(F)c1. The molecule has 1 aromatic rings. The number of unbranched alkanes of at least 4 members (excludes halogenated alkanes) is 3. The molecule has 1 aromatic carbocycles. The van der Waals surface area contributed by atoms with Crippen LogP contribution in [0.3, 0.4) is 0 Å². The molecule has 8 heteroatoms. The van der Waals surface area contributed by atoms with Gasteiger partial charge in [-0.3, -0.25) is 4.79 Å². The van der Waals surface area contributed by atoms with Crippen molar-refractivity contribution < 1.29 is 22.7 Å². The lowest BCUT2D eigenvalue weighted by atomic mass is 10.1. The number of anilines is 1. The van der Waals surface area contributed by atoms with Crippen molar-refractivity contribution in [2.45, 2.75) is 37.0 Å². The summed E-state index contributed by atoms with van der Waals surface area (Å²) in [6, 6.07) is 3.46. The molecular formula is C13H19FN2O4S. The van der Waals surface area contributed by atoms with Crippen LogP contribution in [-0.4, -0.2) is 26.0 Å². The summed E-state index contributed by atoms with van der Waals surface area (Å²) in [5.74, 6) is -1.47. The Balaban J connectivity index is 2.35. The Morgan fingerprint density at radius 2 is 1.90 bits per heavy atom. The first-order chi connectivity index (χ1) is 9.80. The van der Waals surface area contributed by atoms with Crippen molar-refractivity contribution in [2.75, 3.05) is 11.9 Å². The number of primary sulfonamides is 1. The van der Waals surface area contributed by atoms with Gasteiger partial charge in [0.1, 0.15) is 5.82 Å². The minimum absolute atomic E-state index is 0.164. The highest BCUT2D eigenvalue weighted by Crippen LogP contribution is 2.18. The molecule has 0 aromatic heterocycles. The average Bonchev–Trinajstić information content (AvgIpc) is 2.37. The fourth-order valence-electron chi connectivity index (χ4n) is 1.79. The van der Waals surface area contributed by atoms with Gasteiger partial charge in [0.25, 0.3) is 0 Å². The van der Waals surface area contributed by atoms with Crippen molar-refractivity contribution in [3.05, 3.63) is 24.0 Å². The average molecular weight is 318 g/mol. The van der Waals surface area contributed by atoms with E-state index in [-0.39, 0.29) is 17.0 Å². The monoisotopic (exact) mass is 318 g/mol. The molecule has 0 atom stereocenters. The van der Waals surface area contributed by atoms with E-state index >= 15 is 0 Å². The van der Waals surface area contributed by atoms with Crippen LogP contribution in [0, 0.1) is 5.82 Å². The molecule has 0 heterocycles. The molecule has 0 unspecified atom stereocenters. The van der Waals surface area contributed by atoms with Gasteiger partial charge in [-0.1, -0.05) is 12.8 Å². The molecule has 0 aliphatic heterocycles. The van der Waals surface area contributed by atoms with Gasteiger partial charge in [-0.25, -0.2) is 17.9 Å². The summed E-state index contributed by atoms with van der Waals surface area (Å²) in [7, 11) is -3.90. The van der Waals surface area contributed by atoms with Gasteiger partial charge in [0.15, 0.2) is 0 Å². The summed E-state index contributed by atoms with van der Waals surface area (Å²) in [4.78, 5) is 10.0. The molecule has 4 N–H and O–H groups in total. The second-order valence-corrected chi connectivity index (χ2v) is 6.23.